The largest absolute Gasteiger partial charge is 0.307 e. The lowest BCUT2D eigenvalue weighted by Gasteiger charge is -2.03. The molecule has 0 radical (unpaired) electrons. The Kier molecular flexibility index (Phi) is 3.73. The average molecular weight is 250 g/mol. The highest BCUT2D eigenvalue weighted by Gasteiger charge is 2.11. The van der Waals surface area contributed by atoms with Gasteiger partial charge in [0.05, 0.1) is 10.6 Å². The SMILES string of the molecule is O=[N+]([O-])c1ccccc1CNCc1csnn1. The second-order valence-corrected chi connectivity index (χ2v) is 4.00. The maximum absolute atomic E-state index is 10.8. The zero-order valence-corrected chi connectivity index (χ0v) is 9.68. The summed E-state index contributed by atoms with van der Waals surface area (Å²) in [7, 11) is 0. The maximum Gasteiger partial charge on any atom is 0.273 e. The van der Waals surface area contributed by atoms with Gasteiger partial charge in [0, 0.05) is 30.1 Å². The third-order valence-electron chi connectivity index (χ3n) is 2.22. The predicted molar refractivity (Wildman–Crippen MR) is 63.5 cm³/mol. The van der Waals surface area contributed by atoms with E-state index in [-0.39, 0.29) is 10.6 Å². The summed E-state index contributed by atoms with van der Waals surface area (Å²) in [4.78, 5) is 10.4. The van der Waals surface area contributed by atoms with Gasteiger partial charge in [-0.05, 0) is 11.5 Å². The van der Waals surface area contributed by atoms with Crippen molar-refractivity contribution in [2.24, 2.45) is 0 Å². The van der Waals surface area contributed by atoms with E-state index in [1.807, 2.05) is 5.38 Å². The first kappa shape index (κ1) is 11.6. The lowest BCUT2D eigenvalue weighted by Crippen LogP contribution is -2.14. The van der Waals surface area contributed by atoms with Crippen LogP contribution in [0.1, 0.15) is 11.3 Å². The Bertz CT molecular complexity index is 501. The first-order valence-corrected chi connectivity index (χ1v) is 5.80. The Hall–Kier alpha value is -1.86. The van der Waals surface area contributed by atoms with Gasteiger partial charge in [0.15, 0.2) is 0 Å². The molecule has 0 saturated heterocycles. The molecule has 0 saturated carbocycles. The summed E-state index contributed by atoms with van der Waals surface area (Å²) in [5, 5.41) is 19.6. The molecule has 0 unspecified atom stereocenters. The summed E-state index contributed by atoms with van der Waals surface area (Å²) in [5.74, 6) is 0. The Morgan fingerprint density at radius 2 is 2.18 bits per heavy atom. The van der Waals surface area contributed by atoms with Crippen LogP contribution in [0.4, 0.5) is 5.69 Å². The first-order chi connectivity index (χ1) is 8.27. The number of benzene rings is 1. The number of nitrogens with zero attached hydrogens (tertiary/aromatic N) is 3. The van der Waals surface area contributed by atoms with E-state index in [9.17, 15) is 10.1 Å². The molecule has 0 fully saturated rings. The van der Waals surface area contributed by atoms with Crippen molar-refractivity contribution in [1.29, 1.82) is 0 Å². The third kappa shape index (κ3) is 3.05. The standard InChI is InChI=1S/C10H10N4O2S/c15-14(16)10-4-2-1-3-8(10)5-11-6-9-7-17-13-12-9/h1-4,7,11H,5-6H2. The molecule has 17 heavy (non-hydrogen) atoms. The number of nitro groups is 1. The van der Waals surface area contributed by atoms with Gasteiger partial charge < -0.3 is 5.32 Å². The van der Waals surface area contributed by atoms with E-state index >= 15 is 0 Å². The second-order valence-electron chi connectivity index (χ2n) is 3.39. The Morgan fingerprint density at radius 3 is 2.88 bits per heavy atom. The summed E-state index contributed by atoms with van der Waals surface area (Å²) < 4.78 is 3.74. The van der Waals surface area contributed by atoms with Gasteiger partial charge in [-0.15, -0.1) is 5.10 Å². The monoisotopic (exact) mass is 250 g/mol. The number of rotatable bonds is 5. The lowest BCUT2D eigenvalue weighted by molar-refractivity contribution is -0.385. The molecule has 0 bridgehead atoms. The summed E-state index contributed by atoms with van der Waals surface area (Å²) in [5.41, 5.74) is 1.64. The Morgan fingerprint density at radius 1 is 1.35 bits per heavy atom. The molecule has 0 atom stereocenters. The molecule has 0 amide bonds. The molecule has 2 rings (SSSR count). The highest BCUT2D eigenvalue weighted by molar-refractivity contribution is 7.03. The fourth-order valence-electron chi connectivity index (χ4n) is 1.42. The smallest absolute Gasteiger partial charge is 0.273 e. The van der Waals surface area contributed by atoms with Crippen LogP contribution < -0.4 is 5.32 Å². The molecule has 0 aliphatic heterocycles. The molecule has 1 aromatic heterocycles. The molecular weight excluding hydrogens is 240 g/mol. The van der Waals surface area contributed by atoms with Gasteiger partial charge in [-0.1, -0.05) is 22.7 Å². The van der Waals surface area contributed by atoms with Crippen LogP contribution in [0.15, 0.2) is 29.6 Å². The zero-order valence-electron chi connectivity index (χ0n) is 8.87. The highest BCUT2D eigenvalue weighted by Crippen LogP contribution is 2.17. The van der Waals surface area contributed by atoms with Crippen LogP contribution in [-0.4, -0.2) is 14.5 Å². The van der Waals surface area contributed by atoms with E-state index in [0.717, 1.165) is 5.69 Å². The van der Waals surface area contributed by atoms with E-state index < -0.39 is 0 Å². The van der Waals surface area contributed by atoms with E-state index in [1.165, 1.54) is 17.6 Å². The fourth-order valence-corrected chi connectivity index (χ4v) is 1.88. The molecule has 0 aliphatic carbocycles. The number of aromatic nitrogens is 2. The van der Waals surface area contributed by atoms with Crippen LogP contribution in [0.25, 0.3) is 0 Å². The number of nitro benzene ring substituents is 1. The lowest BCUT2D eigenvalue weighted by atomic mass is 10.2. The van der Waals surface area contributed by atoms with Gasteiger partial charge in [0.1, 0.15) is 0 Å². The quantitative estimate of drug-likeness (QED) is 0.645. The Labute approximate surface area is 102 Å². The number of hydrogen-bond acceptors (Lipinski definition) is 6. The van der Waals surface area contributed by atoms with Crippen LogP contribution in [0.3, 0.4) is 0 Å². The van der Waals surface area contributed by atoms with Crippen LogP contribution in [0.2, 0.25) is 0 Å². The van der Waals surface area contributed by atoms with Crippen molar-refractivity contribution in [1.82, 2.24) is 14.9 Å². The molecule has 0 spiro atoms. The minimum absolute atomic E-state index is 0.136. The summed E-state index contributed by atoms with van der Waals surface area (Å²) in [6.45, 7) is 0.997. The normalized spacial score (nSPS) is 10.4. The second kappa shape index (κ2) is 5.46. The molecule has 6 nitrogen and oxygen atoms in total. The molecular formula is C10H10N4O2S. The number of para-hydroxylation sites is 1. The van der Waals surface area contributed by atoms with E-state index in [1.54, 1.807) is 18.2 Å². The van der Waals surface area contributed by atoms with E-state index in [0.29, 0.717) is 18.7 Å². The van der Waals surface area contributed by atoms with Gasteiger partial charge in [0.2, 0.25) is 0 Å². The summed E-state index contributed by atoms with van der Waals surface area (Å²) in [6, 6.07) is 6.69. The van der Waals surface area contributed by atoms with Crippen LogP contribution in [0.5, 0.6) is 0 Å². The van der Waals surface area contributed by atoms with E-state index in [2.05, 4.69) is 14.9 Å². The minimum atomic E-state index is -0.374. The van der Waals surface area contributed by atoms with Crippen LogP contribution >= 0.6 is 11.5 Å². The molecule has 88 valence electrons. The van der Waals surface area contributed by atoms with Gasteiger partial charge in [-0.25, -0.2) is 0 Å². The highest BCUT2D eigenvalue weighted by atomic mass is 32.1. The van der Waals surface area contributed by atoms with Crippen molar-refractivity contribution < 1.29 is 4.92 Å². The topological polar surface area (TPSA) is 81.0 Å². The molecule has 1 aromatic carbocycles. The molecule has 2 aromatic rings. The van der Waals surface area contributed by atoms with Crippen molar-refractivity contribution in [2.75, 3.05) is 0 Å². The third-order valence-corrected chi connectivity index (χ3v) is 2.77. The Balaban J connectivity index is 1.97. The van der Waals surface area contributed by atoms with Gasteiger partial charge in [-0.3, -0.25) is 10.1 Å². The summed E-state index contributed by atoms with van der Waals surface area (Å²) in [6.07, 6.45) is 0. The maximum atomic E-state index is 10.8. The number of nitrogens with one attached hydrogen (secondary N) is 1. The van der Waals surface area contributed by atoms with Crippen molar-refractivity contribution in [3.63, 3.8) is 0 Å². The first-order valence-electron chi connectivity index (χ1n) is 4.96. The molecule has 7 heteroatoms. The van der Waals surface area contributed by atoms with Crippen LogP contribution in [-0.2, 0) is 13.1 Å². The van der Waals surface area contributed by atoms with Gasteiger partial charge >= 0.3 is 0 Å². The average Bonchev–Trinajstić information content (AvgIpc) is 2.82. The van der Waals surface area contributed by atoms with Gasteiger partial charge in [0.25, 0.3) is 5.69 Å². The zero-order chi connectivity index (χ0) is 12.1. The molecule has 1 heterocycles. The van der Waals surface area contributed by atoms with Crippen molar-refractivity contribution >= 4 is 17.2 Å². The molecule has 0 aliphatic rings. The molecule has 1 N–H and O–H groups in total. The minimum Gasteiger partial charge on any atom is -0.307 e. The number of hydrogen-bond donors (Lipinski definition) is 1. The predicted octanol–water partition coefficient (Wildman–Crippen LogP) is 1.74. The van der Waals surface area contributed by atoms with Crippen molar-refractivity contribution in [3.05, 3.63) is 51.0 Å². The van der Waals surface area contributed by atoms with E-state index in [4.69, 9.17) is 0 Å². The van der Waals surface area contributed by atoms with Crippen molar-refractivity contribution in [3.8, 4) is 0 Å². The fraction of sp³-hybridized carbons (Fsp3) is 0.200. The van der Waals surface area contributed by atoms with Gasteiger partial charge in [-0.2, -0.15) is 0 Å². The summed E-state index contributed by atoms with van der Waals surface area (Å²) >= 11 is 1.28. The van der Waals surface area contributed by atoms with Crippen molar-refractivity contribution in [2.45, 2.75) is 13.1 Å². The van der Waals surface area contributed by atoms with Crippen LogP contribution in [0, 0.1) is 10.1 Å².